The van der Waals surface area contributed by atoms with E-state index in [0.29, 0.717) is 31.0 Å². The van der Waals surface area contributed by atoms with Crippen LogP contribution < -0.4 is 0 Å². The molecule has 2 aromatic rings. The van der Waals surface area contributed by atoms with Gasteiger partial charge in [-0.2, -0.15) is 0 Å². The summed E-state index contributed by atoms with van der Waals surface area (Å²) in [6, 6.07) is 10.6. The second-order valence-corrected chi connectivity index (χ2v) is 36.7. The molecule has 204 valence electrons. The van der Waals surface area contributed by atoms with Gasteiger partial charge in [-0.1, -0.05) is 0 Å². The third kappa shape index (κ3) is 3.82. The van der Waals surface area contributed by atoms with Crippen LogP contribution >= 0.6 is 0 Å². The standard InChI is InChI=1S/C34H46Si.2CH3.Hf/c1-19(2)25-15-27-13-23(9)33(31(27)29(17-25)21(5)6)35(11,12)34-24(10)14-28-16-26(20(3)4)18-30(22(7)8)32(28)34;;;/h13-22H,1-12H3;2*1H3;. The topological polar surface area (TPSA) is 0 Å². The predicted molar refractivity (Wildman–Crippen MR) is 169 cm³/mol. The average Bonchev–Trinajstić information content (AvgIpc) is 3.28. The Labute approximate surface area is 239 Å². The van der Waals surface area contributed by atoms with Crippen LogP contribution in [0.5, 0.6) is 0 Å². The van der Waals surface area contributed by atoms with Crippen LogP contribution in [0.25, 0.3) is 10.4 Å². The summed E-state index contributed by atoms with van der Waals surface area (Å²) in [4.78, 5) is 0. The Hall–Kier alpha value is -0.993. The van der Waals surface area contributed by atoms with Crippen molar-refractivity contribution < 1.29 is 20.0 Å². The normalized spacial score (nSPS) is 23.1. The first-order chi connectivity index (χ1) is 17.5. The molecule has 38 heavy (non-hydrogen) atoms. The molecule has 0 spiro atoms. The van der Waals surface area contributed by atoms with Crippen LogP contribution in [0, 0.1) is 0 Å². The third-order valence-corrected chi connectivity index (χ3v) is 30.4. The van der Waals surface area contributed by atoms with Crippen LogP contribution in [-0.4, -0.2) is 8.07 Å². The van der Waals surface area contributed by atoms with E-state index in [1.54, 1.807) is 55.7 Å². The average molecular weight is 691 g/mol. The Balaban J connectivity index is 1.93. The van der Waals surface area contributed by atoms with Crippen molar-refractivity contribution in [3.8, 4) is 0 Å². The molecule has 3 aliphatic rings. The van der Waals surface area contributed by atoms with Crippen LogP contribution in [0.3, 0.4) is 0 Å². The Morgan fingerprint density at radius 2 is 0.921 bits per heavy atom. The monoisotopic (exact) mass is 692 g/mol. The van der Waals surface area contributed by atoms with Crippen LogP contribution in [0.15, 0.2) is 35.4 Å². The molecule has 0 saturated carbocycles. The Morgan fingerprint density at radius 3 is 1.21 bits per heavy atom. The van der Waals surface area contributed by atoms with Crippen LogP contribution in [-0.2, 0) is 20.0 Å². The van der Waals surface area contributed by atoms with Gasteiger partial charge in [0.05, 0.1) is 0 Å². The van der Waals surface area contributed by atoms with Gasteiger partial charge in [0.25, 0.3) is 0 Å². The molecule has 0 nitrogen and oxygen atoms in total. The van der Waals surface area contributed by atoms with Crippen LogP contribution in [0.2, 0.25) is 22.5 Å². The molecule has 0 N–H and O–H groups in total. The Bertz CT molecular complexity index is 1290. The molecule has 0 radical (unpaired) electrons. The van der Waals surface area contributed by atoms with Crippen molar-refractivity contribution in [1.29, 1.82) is 0 Å². The van der Waals surface area contributed by atoms with Crippen molar-refractivity contribution in [1.82, 2.24) is 0 Å². The number of hydrogen-bond donors (Lipinski definition) is 0. The summed E-state index contributed by atoms with van der Waals surface area (Å²) in [5.41, 5.74) is 16.8. The quantitative estimate of drug-likeness (QED) is 0.280. The van der Waals surface area contributed by atoms with Gasteiger partial charge < -0.3 is 0 Å². The molecule has 1 heterocycles. The number of rotatable bonds is 4. The zero-order chi connectivity index (χ0) is 28.2. The fraction of sp³-hybridized carbons (Fsp3) is 0.556. The van der Waals surface area contributed by atoms with E-state index >= 15 is 0 Å². The first-order valence-corrected chi connectivity index (χ1v) is 29.6. The van der Waals surface area contributed by atoms with Crippen molar-refractivity contribution in [2.45, 2.75) is 123 Å². The first kappa shape index (κ1) is 28.5. The summed E-state index contributed by atoms with van der Waals surface area (Å²) < 4.78 is 7.02. The molecular formula is C36H52HfSi. The van der Waals surface area contributed by atoms with Gasteiger partial charge in [-0.15, -0.1) is 0 Å². The van der Waals surface area contributed by atoms with E-state index in [9.17, 15) is 0 Å². The van der Waals surface area contributed by atoms with E-state index in [0.717, 1.165) is 0 Å². The summed E-state index contributed by atoms with van der Waals surface area (Å²) in [6.07, 6.45) is 0. The van der Waals surface area contributed by atoms with Crippen molar-refractivity contribution >= 4 is 18.5 Å². The van der Waals surface area contributed by atoms with Gasteiger partial charge in [-0.3, -0.25) is 0 Å². The van der Waals surface area contributed by atoms with E-state index in [1.807, 2.05) is 10.4 Å². The van der Waals surface area contributed by atoms with Gasteiger partial charge in [-0.05, 0) is 0 Å². The summed E-state index contributed by atoms with van der Waals surface area (Å²) in [6.45, 7) is 29.8. The van der Waals surface area contributed by atoms with E-state index in [1.165, 1.54) is 0 Å². The summed E-state index contributed by atoms with van der Waals surface area (Å²) >= 11 is -3.04. The van der Waals surface area contributed by atoms with E-state index in [4.69, 9.17) is 0 Å². The van der Waals surface area contributed by atoms with Gasteiger partial charge in [0.15, 0.2) is 0 Å². The van der Waals surface area contributed by atoms with Crippen molar-refractivity contribution in [3.63, 3.8) is 0 Å². The molecule has 5 rings (SSSR count). The summed E-state index contributed by atoms with van der Waals surface area (Å²) in [7, 11) is -1.99. The van der Waals surface area contributed by atoms with Gasteiger partial charge in [0, 0.05) is 0 Å². The van der Waals surface area contributed by atoms with Gasteiger partial charge in [0.2, 0.25) is 0 Å². The molecule has 0 saturated heterocycles. The Morgan fingerprint density at radius 1 is 0.579 bits per heavy atom. The fourth-order valence-electron chi connectivity index (χ4n) is 9.00. The molecule has 2 aromatic carbocycles. The van der Waals surface area contributed by atoms with Crippen molar-refractivity contribution in [3.05, 3.63) is 79.9 Å². The van der Waals surface area contributed by atoms with E-state index < -0.39 is 28.0 Å². The van der Waals surface area contributed by atoms with Crippen LogP contribution in [0.1, 0.15) is 145 Å². The minimum atomic E-state index is -3.04. The Kier molecular flexibility index (Phi) is 6.96. The molecular weight excluding hydrogens is 639 g/mol. The summed E-state index contributed by atoms with van der Waals surface area (Å²) in [5.74, 6) is 2.24. The second kappa shape index (κ2) is 9.27. The first-order valence-electron chi connectivity index (χ1n) is 15.3. The number of benzene rings is 2. The zero-order valence-electron chi connectivity index (χ0n) is 26.8. The number of hydrogen-bond acceptors (Lipinski definition) is 0. The van der Waals surface area contributed by atoms with Crippen molar-refractivity contribution in [2.75, 3.05) is 0 Å². The molecule has 2 heteroatoms. The van der Waals surface area contributed by atoms with Gasteiger partial charge >= 0.3 is 241 Å². The molecule has 2 aliphatic carbocycles. The number of fused-ring (bicyclic) bond motifs is 8. The van der Waals surface area contributed by atoms with E-state index in [2.05, 4.69) is 116 Å². The second-order valence-electron chi connectivity index (χ2n) is 15.2. The fourth-order valence-corrected chi connectivity index (χ4v) is 32.0. The van der Waals surface area contributed by atoms with Gasteiger partial charge in [0.1, 0.15) is 0 Å². The maximum absolute atomic E-state index is 3.04. The summed E-state index contributed by atoms with van der Waals surface area (Å²) in [5, 5.41) is 3.63. The third-order valence-electron chi connectivity index (χ3n) is 10.5. The molecule has 4 bridgehead atoms. The predicted octanol–water partition coefficient (Wildman–Crippen LogP) is 11.6. The van der Waals surface area contributed by atoms with E-state index in [-0.39, 0.29) is 0 Å². The molecule has 1 aliphatic heterocycles. The zero-order valence-corrected chi connectivity index (χ0v) is 31.4. The maximum atomic E-state index is 2.82. The molecule has 0 aromatic heterocycles. The SMILES string of the molecule is CC1=C2c3c(C(C)C)cc(C(C)C)cc3[CH]1[Hf]([CH3])([CH3])[CH]1C(C)=C(c3c(C(C)C)cc(C(C)C)cc31)[Si]2(C)C. The molecule has 0 amide bonds. The van der Waals surface area contributed by atoms with Crippen LogP contribution in [0.4, 0.5) is 0 Å². The molecule has 2 atom stereocenters. The number of allylic oxidation sites excluding steroid dienone is 2. The van der Waals surface area contributed by atoms with Gasteiger partial charge in [-0.25, -0.2) is 0 Å². The van der Waals surface area contributed by atoms with Crippen molar-refractivity contribution in [2.24, 2.45) is 0 Å². The molecule has 0 fully saturated rings. The molecule has 2 unspecified atom stereocenters. The minimum absolute atomic E-state index is 0.550.